The number of halogens is 3. The molecule has 31 heavy (non-hydrogen) atoms. The molecule has 0 aliphatic heterocycles. The maximum atomic E-state index is 13.7. The van der Waals surface area contributed by atoms with Crippen LogP contribution >= 0.6 is 0 Å². The lowest BCUT2D eigenvalue weighted by atomic mass is 9.77. The Balaban J connectivity index is 2.14. The van der Waals surface area contributed by atoms with Crippen molar-refractivity contribution >= 4 is 0 Å². The summed E-state index contributed by atoms with van der Waals surface area (Å²) >= 11 is 0. The fourth-order valence-electron chi connectivity index (χ4n) is 3.90. The smallest absolute Gasteiger partial charge is 0.364 e. The van der Waals surface area contributed by atoms with Crippen molar-refractivity contribution < 1.29 is 23.4 Å². The van der Waals surface area contributed by atoms with E-state index in [4.69, 9.17) is 0 Å². The summed E-state index contributed by atoms with van der Waals surface area (Å²) in [6.07, 6.45) is -6.13. The summed E-state index contributed by atoms with van der Waals surface area (Å²) in [5.41, 5.74) is -1.32. The van der Waals surface area contributed by atoms with Crippen molar-refractivity contribution in [3.63, 3.8) is 0 Å². The van der Waals surface area contributed by atoms with Crippen molar-refractivity contribution in [2.45, 2.75) is 18.0 Å². The Labute approximate surface area is 176 Å². The van der Waals surface area contributed by atoms with Gasteiger partial charge in [-0.3, -0.25) is 4.68 Å². The van der Waals surface area contributed by atoms with Crippen molar-refractivity contribution in [2.24, 2.45) is 0 Å². The monoisotopic (exact) mass is 424 g/mol. The Hall–Kier alpha value is -3.42. The summed E-state index contributed by atoms with van der Waals surface area (Å²) in [6, 6.07) is 27.1. The normalized spacial score (nSPS) is 12.3. The Bertz CT molecular complexity index is 1050. The number of rotatable bonds is 5. The fraction of sp³-hybridized carbons (Fsp3) is 0.125. The standard InChI is InChI=1S/C24H19F3N2O2/c25-24(26,27)21-20(22(30)31)16-29(28-21)23(17-10-4-1-5-11-17,18-12-6-2-7-13-18)19-14-8-3-9-15-19/h1-16,22,30-31H. The highest BCUT2D eigenvalue weighted by Gasteiger charge is 2.44. The molecule has 0 spiro atoms. The van der Waals surface area contributed by atoms with Gasteiger partial charge in [0.1, 0.15) is 5.54 Å². The predicted octanol–water partition coefficient (Wildman–Crippen LogP) is 4.73. The highest BCUT2D eigenvalue weighted by atomic mass is 19.4. The largest absolute Gasteiger partial charge is 0.435 e. The third-order valence-electron chi connectivity index (χ3n) is 5.21. The van der Waals surface area contributed by atoms with Crippen LogP contribution in [0.15, 0.2) is 97.2 Å². The lowest BCUT2D eigenvalue weighted by Crippen LogP contribution is -2.38. The average Bonchev–Trinajstić information content (AvgIpc) is 3.23. The Morgan fingerprint density at radius 2 is 1.06 bits per heavy atom. The van der Waals surface area contributed by atoms with Crippen LogP contribution < -0.4 is 0 Å². The number of nitrogens with zero attached hydrogens (tertiary/aromatic N) is 2. The van der Waals surface area contributed by atoms with Crippen molar-refractivity contribution in [2.75, 3.05) is 0 Å². The maximum Gasteiger partial charge on any atom is 0.435 e. The van der Waals surface area contributed by atoms with Crippen LogP contribution in [0.25, 0.3) is 0 Å². The molecule has 0 unspecified atom stereocenters. The number of aromatic nitrogens is 2. The second-order valence-corrected chi connectivity index (χ2v) is 7.06. The number of alkyl halides is 3. The molecule has 0 amide bonds. The number of benzene rings is 3. The van der Waals surface area contributed by atoms with Crippen LogP contribution in [0, 0.1) is 0 Å². The van der Waals surface area contributed by atoms with Crippen LogP contribution in [0.2, 0.25) is 0 Å². The quantitative estimate of drug-likeness (QED) is 0.360. The van der Waals surface area contributed by atoms with E-state index in [1.54, 1.807) is 36.4 Å². The molecular weight excluding hydrogens is 405 g/mol. The van der Waals surface area contributed by atoms with Crippen LogP contribution in [0.5, 0.6) is 0 Å². The van der Waals surface area contributed by atoms with Gasteiger partial charge in [0.05, 0.1) is 5.56 Å². The van der Waals surface area contributed by atoms with E-state index >= 15 is 0 Å². The van der Waals surface area contributed by atoms with Crippen LogP contribution in [-0.2, 0) is 11.7 Å². The number of hydrogen-bond acceptors (Lipinski definition) is 3. The van der Waals surface area contributed by atoms with Crippen molar-refractivity contribution in [3.05, 3.63) is 125 Å². The molecule has 1 heterocycles. The molecule has 0 aliphatic carbocycles. The van der Waals surface area contributed by atoms with Gasteiger partial charge in [-0.1, -0.05) is 91.0 Å². The topological polar surface area (TPSA) is 58.3 Å². The zero-order chi connectivity index (χ0) is 22.1. The minimum atomic E-state index is -4.86. The molecule has 1 aromatic heterocycles. The fourth-order valence-corrected chi connectivity index (χ4v) is 3.90. The van der Waals surface area contributed by atoms with Gasteiger partial charge in [0.15, 0.2) is 12.0 Å². The van der Waals surface area contributed by atoms with Crippen LogP contribution in [0.4, 0.5) is 13.2 Å². The molecule has 2 N–H and O–H groups in total. The zero-order valence-corrected chi connectivity index (χ0v) is 16.2. The van der Waals surface area contributed by atoms with Crippen LogP contribution in [-0.4, -0.2) is 20.0 Å². The molecule has 3 aromatic carbocycles. The number of aliphatic hydroxyl groups is 2. The van der Waals surface area contributed by atoms with E-state index in [1.165, 1.54) is 4.68 Å². The van der Waals surface area contributed by atoms with E-state index in [1.807, 2.05) is 54.6 Å². The molecule has 0 atom stereocenters. The summed E-state index contributed by atoms with van der Waals surface area (Å²) in [5.74, 6) is 0. The first-order valence-corrected chi connectivity index (χ1v) is 9.55. The Morgan fingerprint density at radius 1 is 0.677 bits per heavy atom. The minimum Gasteiger partial charge on any atom is -0.364 e. The highest BCUT2D eigenvalue weighted by Crippen LogP contribution is 2.42. The van der Waals surface area contributed by atoms with Gasteiger partial charge >= 0.3 is 6.18 Å². The average molecular weight is 424 g/mol. The molecular formula is C24H19F3N2O2. The van der Waals surface area contributed by atoms with Gasteiger partial charge in [0.2, 0.25) is 0 Å². The molecule has 0 radical (unpaired) electrons. The molecule has 0 aliphatic rings. The molecule has 4 nitrogen and oxygen atoms in total. The molecule has 0 bridgehead atoms. The molecule has 0 fully saturated rings. The molecule has 0 saturated carbocycles. The van der Waals surface area contributed by atoms with Gasteiger partial charge in [-0.15, -0.1) is 0 Å². The van der Waals surface area contributed by atoms with Crippen molar-refractivity contribution in [1.29, 1.82) is 0 Å². The number of aliphatic hydroxyl groups excluding tert-OH is 1. The molecule has 4 aromatic rings. The molecule has 4 rings (SSSR count). The van der Waals surface area contributed by atoms with E-state index < -0.39 is 29.3 Å². The molecule has 158 valence electrons. The van der Waals surface area contributed by atoms with E-state index in [-0.39, 0.29) is 0 Å². The predicted molar refractivity (Wildman–Crippen MR) is 109 cm³/mol. The Kier molecular flexibility index (Phi) is 5.39. The van der Waals surface area contributed by atoms with Crippen molar-refractivity contribution in [3.8, 4) is 0 Å². The first-order chi connectivity index (χ1) is 14.8. The Morgan fingerprint density at radius 3 is 1.35 bits per heavy atom. The first-order valence-electron chi connectivity index (χ1n) is 9.55. The lowest BCUT2D eigenvalue weighted by Gasteiger charge is -2.36. The second kappa shape index (κ2) is 8.02. The van der Waals surface area contributed by atoms with Gasteiger partial charge in [-0.05, 0) is 16.7 Å². The maximum absolute atomic E-state index is 13.7. The van der Waals surface area contributed by atoms with Gasteiger partial charge in [0, 0.05) is 6.20 Å². The molecule has 0 saturated heterocycles. The van der Waals surface area contributed by atoms with Gasteiger partial charge in [-0.2, -0.15) is 18.3 Å². The number of hydrogen-bond donors (Lipinski definition) is 2. The highest BCUT2D eigenvalue weighted by molar-refractivity contribution is 5.50. The third kappa shape index (κ3) is 3.62. The minimum absolute atomic E-state index is 0.669. The summed E-state index contributed by atoms with van der Waals surface area (Å²) in [7, 11) is 0. The van der Waals surface area contributed by atoms with Gasteiger partial charge in [0.25, 0.3) is 0 Å². The van der Waals surface area contributed by atoms with Gasteiger partial charge < -0.3 is 10.2 Å². The van der Waals surface area contributed by atoms with E-state index in [9.17, 15) is 23.4 Å². The lowest BCUT2D eigenvalue weighted by molar-refractivity contribution is -0.146. The second-order valence-electron chi connectivity index (χ2n) is 7.06. The zero-order valence-electron chi connectivity index (χ0n) is 16.2. The summed E-state index contributed by atoms with van der Waals surface area (Å²) in [6.45, 7) is 0. The van der Waals surface area contributed by atoms with Crippen molar-refractivity contribution in [1.82, 2.24) is 9.78 Å². The van der Waals surface area contributed by atoms with Gasteiger partial charge in [-0.25, -0.2) is 0 Å². The summed E-state index contributed by atoms with van der Waals surface area (Å²) in [5, 5.41) is 23.2. The third-order valence-corrected chi connectivity index (χ3v) is 5.21. The summed E-state index contributed by atoms with van der Waals surface area (Å²) < 4.78 is 42.3. The van der Waals surface area contributed by atoms with E-state index in [0.717, 1.165) is 6.20 Å². The van der Waals surface area contributed by atoms with Crippen LogP contribution in [0.1, 0.15) is 34.2 Å². The van der Waals surface area contributed by atoms with E-state index in [0.29, 0.717) is 16.7 Å². The van der Waals surface area contributed by atoms with E-state index in [2.05, 4.69) is 5.10 Å². The van der Waals surface area contributed by atoms with Crippen LogP contribution in [0.3, 0.4) is 0 Å². The first kappa shape index (κ1) is 20.8. The summed E-state index contributed by atoms with van der Waals surface area (Å²) in [4.78, 5) is 0. The molecule has 7 heteroatoms. The SMILES string of the molecule is OC(O)c1cn(C(c2ccccc2)(c2ccccc2)c2ccccc2)nc1C(F)(F)F.